The molecule has 2 N–H and O–H groups in total. The molecule has 1 aliphatic heterocycles. The van der Waals surface area contributed by atoms with Crippen molar-refractivity contribution < 1.29 is 4.70 Å². The van der Waals surface area contributed by atoms with Crippen LogP contribution in [0.15, 0.2) is 47.2 Å². The van der Waals surface area contributed by atoms with Gasteiger partial charge in [0.05, 0.1) is 0 Å². The quantitative estimate of drug-likeness (QED) is 0.724. The van der Waals surface area contributed by atoms with E-state index < -0.39 is 0 Å². The van der Waals surface area contributed by atoms with E-state index in [1.807, 2.05) is 22.9 Å². The lowest BCUT2D eigenvalue weighted by molar-refractivity contribution is -0.493. The number of nitrogens with zero attached hydrogens (tertiary/aromatic N) is 2. The van der Waals surface area contributed by atoms with Crippen LogP contribution in [0.3, 0.4) is 0 Å². The van der Waals surface area contributed by atoms with Crippen LogP contribution in [0.5, 0.6) is 0 Å². The third-order valence-corrected chi connectivity index (χ3v) is 2.20. The minimum atomic E-state index is 0.665. The number of para-hydroxylation sites is 1. The summed E-state index contributed by atoms with van der Waals surface area (Å²) in [6.07, 6.45) is 2.99. The van der Waals surface area contributed by atoms with E-state index in [4.69, 9.17) is 5.73 Å². The lowest BCUT2D eigenvalue weighted by Gasteiger charge is -1.91. The molecule has 0 bridgehead atoms. The smallest absolute Gasteiger partial charge is 0.232 e. The summed E-state index contributed by atoms with van der Waals surface area (Å²) < 4.78 is 1.99. The summed E-state index contributed by atoms with van der Waals surface area (Å²) in [6, 6.07) is 10.2. The lowest BCUT2D eigenvalue weighted by atomic mass is 10.3. The summed E-state index contributed by atoms with van der Waals surface area (Å²) in [6.45, 7) is 1.53. The van der Waals surface area contributed by atoms with Gasteiger partial charge in [-0.3, -0.25) is 0 Å². The van der Waals surface area contributed by atoms with Crippen molar-refractivity contribution in [3.8, 4) is 0 Å². The van der Waals surface area contributed by atoms with Crippen molar-refractivity contribution in [3.05, 3.63) is 42.1 Å². The second kappa shape index (κ2) is 4.15. The maximum atomic E-state index is 5.47. The summed E-state index contributed by atoms with van der Waals surface area (Å²) >= 11 is 0. The van der Waals surface area contributed by atoms with Crippen molar-refractivity contribution in [3.63, 3.8) is 0 Å². The molecular formula is C11H14N3+. The Kier molecular flexibility index (Phi) is 2.70. The van der Waals surface area contributed by atoms with Crippen molar-refractivity contribution in [1.82, 2.24) is 0 Å². The average Bonchev–Trinajstić information content (AvgIpc) is 2.68. The van der Waals surface area contributed by atoms with E-state index in [2.05, 4.69) is 23.3 Å². The van der Waals surface area contributed by atoms with Gasteiger partial charge in [0.2, 0.25) is 5.69 Å². The number of hydrogen-bond donors (Lipinski definition) is 1. The van der Waals surface area contributed by atoms with Crippen LogP contribution in [-0.4, -0.2) is 17.8 Å². The van der Waals surface area contributed by atoms with E-state index in [0.29, 0.717) is 6.54 Å². The largest absolute Gasteiger partial charge is 0.330 e. The van der Waals surface area contributed by atoms with Crippen molar-refractivity contribution in [2.45, 2.75) is 6.42 Å². The van der Waals surface area contributed by atoms with Crippen LogP contribution in [0.2, 0.25) is 0 Å². The van der Waals surface area contributed by atoms with E-state index in [1.165, 1.54) is 0 Å². The molecule has 1 heterocycles. The van der Waals surface area contributed by atoms with Crippen LogP contribution in [0, 0.1) is 0 Å². The van der Waals surface area contributed by atoms with Gasteiger partial charge in [0.15, 0.2) is 6.54 Å². The second-order valence-corrected chi connectivity index (χ2v) is 3.25. The SMILES string of the molecule is NCCC1=CC[N+](c2ccccc2)=N1. The molecule has 0 atom stereocenters. The Morgan fingerprint density at radius 1 is 1.29 bits per heavy atom. The van der Waals surface area contributed by atoms with Gasteiger partial charge in [-0.15, -0.1) is 0 Å². The summed E-state index contributed by atoms with van der Waals surface area (Å²) in [5, 5.41) is 4.46. The molecule has 0 radical (unpaired) electrons. The van der Waals surface area contributed by atoms with Crippen molar-refractivity contribution >= 4 is 5.69 Å². The molecule has 1 aliphatic rings. The Labute approximate surface area is 83.6 Å². The second-order valence-electron chi connectivity index (χ2n) is 3.25. The maximum absolute atomic E-state index is 5.47. The Hall–Kier alpha value is -1.48. The molecule has 1 aromatic rings. The topological polar surface area (TPSA) is 41.4 Å². The van der Waals surface area contributed by atoms with E-state index in [0.717, 1.165) is 24.4 Å². The van der Waals surface area contributed by atoms with Gasteiger partial charge in [0.25, 0.3) is 0 Å². The molecule has 14 heavy (non-hydrogen) atoms. The molecule has 2 rings (SSSR count). The van der Waals surface area contributed by atoms with Crippen LogP contribution >= 0.6 is 0 Å². The Bertz CT molecular complexity index is 365. The number of benzene rings is 1. The van der Waals surface area contributed by atoms with E-state index in [1.54, 1.807) is 0 Å². The zero-order chi connectivity index (χ0) is 9.80. The van der Waals surface area contributed by atoms with Gasteiger partial charge in [-0.05, 0) is 11.7 Å². The van der Waals surface area contributed by atoms with Gasteiger partial charge < -0.3 is 5.73 Å². The van der Waals surface area contributed by atoms with Crippen molar-refractivity contribution in [2.75, 3.05) is 13.1 Å². The molecule has 0 aromatic heterocycles. The number of hydrogen-bond acceptors (Lipinski definition) is 2. The lowest BCUT2D eigenvalue weighted by Crippen LogP contribution is -1.98. The van der Waals surface area contributed by atoms with E-state index in [-0.39, 0.29) is 0 Å². The highest BCUT2D eigenvalue weighted by Crippen LogP contribution is 2.18. The summed E-state index contributed by atoms with van der Waals surface area (Å²) in [5.74, 6) is 0. The molecule has 72 valence electrons. The van der Waals surface area contributed by atoms with Crippen molar-refractivity contribution in [2.24, 2.45) is 10.8 Å². The zero-order valence-electron chi connectivity index (χ0n) is 8.06. The molecule has 0 saturated heterocycles. The van der Waals surface area contributed by atoms with Crippen LogP contribution in [0.4, 0.5) is 5.69 Å². The average molecular weight is 188 g/mol. The maximum Gasteiger partial charge on any atom is 0.232 e. The predicted molar refractivity (Wildman–Crippen MR) is 55.4 cm³/mol. The molecule has 0 amide bonds. The number of azo groups is 2. The summed E-state index contributed by atoms with van der Waals surface area (Å²) in [5.41, 5.74) is 7.70. The number of rotatable bonds is 3. The number of nitrogens with two attached hydrogens (primary N) is 1. The Morgan fingerprint density at radius 2 is 2.07 bits per heavy atom. The van der Waals surface area contributed by atoms with Crippen LogP contribution in [0.1, 0.15) is 6.42 Å². The fraction of sp³-hybridized carbons (Fsp3) is 0.273. The molecule has 1 aromatic carbocycles. The summed E-state index contributed by atoms with van der Waals surface area (Å²) in [4.78, 5) is 0. The first-order valence-electron chi connectivity index (χ1n) is 4.83. The standard InChI is InChI=1S/C11H14N3/c12-8-6-10-7-9-14(13-10)11-4-2-1-3-5-11/h1-5,7H,6,8-9,12H2/q+1. The van der Waals surface area contributed by atoms with Crippen molar-refractivity contribution in [1.29, 1.82) is 0 Å². The first kappa shape index (κ1) is 9.09. The first-order chi connectivity index (χ1) is 6.90. The molecule has 3 heteroatoms. The van der Waals surface area contributed by atoms with Gasteiger partial charge in [-0.2, -0.15) is 0 Å². The van der Waals surface area contributed by atoms with Crippen LogP contribution in [-0.2, 0) is 0 Å². The highest BCUT2D eigenvalue weighted by Gasteiger charge is 2.16. The van der Waals surface area contributed by atoms with Gasteiger partial charge in [0.1, 0.15) is 5.70 Å². The minimum Gasteiger partial charge on any atom is -0.330 e. The van der Waals surface area contributed by atoms with Crippen LogP contribution < -0.4 is 5.73 Å². The Balaban J connectivity index is 2.13. The highest BCUT2D eigenvalue weighted by molar-refractivity contribution is 5.28. The predicted octanol–water partition coefficient (Wildman–Crippen LogP) is 2.03. The zero-order valence-corrected chi connectivity index (χ0v) is 8.06. The molecule has 0 aliphatic carbocycles. The fourth-order valence-corrected chi connectivity index (χ4v) is 1.49. The minimum absolute atomic E-state index is 0.665. The molecule has 0 fully saturated rings. The molecular weight excluding hydrogens is 174 g/mol. The van der Waals surface area contributed by atoms with Gasteiger partial charge >= 0.3 is 0 Å². The Morgan fingerprint density at radius 3 is 2.79 bits per heavy atom. The van der Waals surface area contributed by atoms with Crippen LogP contribution in [0.25, 0.3) is 0 Å². The molecule has 3 nitrogen and oxygen atoms in total. The summed E-state index contributed by atoms with van der Waals surface area (Å²) in [7, 11) is 0. The molecule has 0 unspecified atom stereocenters. The highest BCUT2D eigenvalue weighted by atomic mass is 15.3. The molecule has 0 spiro atoms. The fourth-order valence-electron chi connectivity index (χ4n) is 1.49. The third kappa shape index (κ3) is 1.88. The first-order valence-corrected chi connectivity index (χ1v) is 4.83. The van der Waals surface area contributed by atoms with Gasteiger partial charge in [0, 0.05) is 24.6 Å². The van der Waals surface area contributed by atoms with E-state index in [9.17, 15) is 0 Å². The van der Waals surface area contributed by atoms with Gasteiger partial charge in [-0.25, -0.2) is 0 Å². The molecule has 0 saturated carbocycles. The normalized spacial score (nSPS) is 15.2. The monoisotopic (exact) mass is 188 g/mol. The van der Waals surface area contributed by atoms with E-state index >= 15 is 0 Å². The van der Waals surface area contributed by atoms with Gasteiger partial charge in [-0.1, -0.05) is 22.9 Å². The third-order valence-electron chi connectivity index (χ3n) is 2.20.